The van der Waals surface area contributed by atoms with Gasteiger partial charge >= 0.3 is 0 Å². The van der Waals surface area contributed by atoms with Gasteiger partial charge in [0.05, 0.1) is 0 Å². The van der Waals surface area contributed by atoms with Crippen molar-refractivity contribution in [3.63, 3.8) is 0 Å². The molecule has 0 saturated heterocycles. The van der Waals surface area contributed by atoms with E-state index in [0.717, 1.165) is 0 Å². The summed E-state index contributed by atoms with van der Waals surface area (Å²) in [5.41, 5.74) is 1.59. The molecule has 0 radical (unpaired) electrons. The van der Waals surface area contributed by atoms with Crippen LogP contribution in [0, 0.1) is 0 Å². The zero-order valence-corrected chi connectivity index (χ0v) is 8.20. The van der Waals surface area contributed by atoms with Crippen LogP contribution in [0.3, 0.4) is 0 Å². The van der Waals surface area contributed by atoms with Gasteiger partial charge in [-0.05, 0) is 19.8 Å². The number of allylic oxidation sites excluding steroid dienone is 2. The van der Waals surface area contributed by atoms with E-state index in [1.807, 2.05) is 13.8 Å². The molecule has 0 aromatic heterocycles. The van der Waals surface area contributed by atoms with Crippen molar-refractivity contribution in [1.29, 1.82) is 0 Å². The Morgan fingerprint density at radius 1 is 1.20 bits per heavy atom. The molecule has 0 aliphatic carbocycles. The molecule has 0 amide bonds. The van der Waals surface area contributed by atoms with Gasteiger partial charge in [-0.1, -0.05) is 45.8 Å². The van der Waals surface area contributed by atoms with Crippen molar-refractivity contribution in [2.75, 3.05) is 0 Å². The van der Waals surface area contributed by atoms with Crippen LogP contribution in [0.2, 0.25) is 0 Å². The summed E-state index contributed by atoms with van der Waals surface area (Å²) in [6.07, 6.45) is 6.02. The van der Waals surface area contributed by atoms with E-state index in [1.165, 1.54) is 19.3 Å². The fourth-order valence-corrected chi connectivity index (χ4v) is 0.846. The summed E-state index contributed by atoms with van der Waals surface area (Å²) in [5, 5.41) is 0. The molecule has 0 aromatic carbocycles. The normalized spacial score (nSPS) is 10.3. The quantitative estimate of drug-likeness (QED) is 0.519. The lowest BCUT2D eigenvalue weighted by Gasteiger charge is -1.97. The van der Waals surface area contributed by atoms with Gasteiger partial charge in [0, 0.05) is 0 Å². The van der Waals surface area contributed by atoms with Gasteiger partial charge in [0.2, 0.25) is 0 Å². The highest BCUT2D eigenvalue weighted by atomic mass is 13.9. The average molecular weight is 142 g/mol. The summed E-state index contributed by atoms with van der Waals surface area (Å²) in [6.45, 7) is 10.6. The minimum absolute atomic E-state index is 1.23. The Morgan fingerprint density at radius 3 is 1.80 bits per heavy atom. The van der Waals surface area contributed by atoms with Gasteiger partial charge in [-0.25, -0.2) is 0 Å². The molecule has 0 aliphatic heterocycles. The van der Waals surface area contributed by atoms with Crippen molar-refractivity contribution in [1.82, 2.24) is 0 Å². The van der Waals surface area contributed by atoms with Crippen molar-refractivity contribution in [3.8, 4) is 0 Å². The van der Waals surface area contributed by atoms with Gasteiger partial charge in [-0.15, -0.1) is 0 Å². The maximum absolute atomic E-state index is 2.23. The van der Waals surface area contributed by atoms with E-state index in [2.05, 4.69) is 26.8 Å². The van der Waals surface area contributed by atoms with Gasteiger partial charge in [-0.2, -0.15) is 0 Å². The summed E-state index contributed by atoms with van der Waals surface area (Å²) in [5.74, 6) is 0. The second-order valence-electron chi connectivity index (χ2n) is 2.05. The van der Waals surface area contributed by atoms with Crippen LogP contribution in [0.4, 0.5) is 0 Å². The third-order valence-electron chi connectivity index (χ3n) is 1.43. The maximum Gasteiger partial charge on any atom is -0.0323 e. The molecular formula is C10H22. The summed E-state index contributed by atoms with van der Waals surface area (Å²) in [4.78, 5) is 0. The van der Waals surface area contributed by atoms with E-state index in [9.17, 15) is 0 Å². The van der Waals surface area contributed by atoms with Gasteiger partial charge in [-0.3, -0.25) is 0 Å². The molecule has 0 nitrogen and oxygen atoms in total. The second-order valence-corrected chi connectivity index (χ2v) is 2.05. The topological polar surface area (TPSA) is 0 Å². The van der Waals surface area contributed by atoms with Crippen LogP contribution in [0.25, 0.3) is 0 Å². The molecule has 0 atom stereocenters. The van der Waals surface area contributed by atoms with E-state index in [4.69, 9.17) is 0 Å². The molecule has 0 aromatic rings. The van der Waals surface area contributed by atoms with Crippen molar-refractivity contribution in [3.05, 3.63) is 11.6 Å². The highest BCUT2D eigenvalue weighted by Gasteiger charge is 1.86. The lowest BCUT2D eigenvalue weighted by molar-refractivity contribution is 0.856. The van der Waals surface area contributed by atoms with E-state index < -0.39 is 0 Å². The van der Waals surface area contributed by atoms with Crippen molar-refractivity contribution >= 4 is 0 Å². The van der Waals surface area contributed by atoms with Gasteiger partial charge in [0.1, 0.15) is 0 Å². The molecule has 10 heavy (non-hydrogen) atoms. The van der Waals surface area contributed by atoms with Crippen LogP contribution in [0.5, 0.6) is 0 Å². The molecule has 0 spiro atoms. The SMILES string of the molecule is C/C=C(/CC)CCC.CC. The Kier molecular flexibility index (Phi) is 14.3. The highest BCUT2D eigenvalue weighted by molar-refractivity contribution is 4.98. The lowest BCUT2D eigenvalue weighted by atomic mass is 10.1. The molecular weight excluding hydrogens is 120 g/mol. The first-order valence-electron chi connectivity index (χ1n) is 4.49. The largest absolute Gasteiger partial charge is 0.0885 e. The monoisotopic (exact) mass is 142 g/mol. The Hall–Kier alpha value is -0.260. The molecule has 62 valence electrons. The molecule has 0 bridgehead atoms. The zero-order chi connectivity index (χ0) is 8.41. The minimum Gasteiger partial charge on any atom is -0.0885 e. The zero-order valence-electron chi connectivity index (χ0n) is 8.20. The second kappa shape index (κ2) is 11.5. The van der Waals surface area contributed by atoms with Crippen LogP contribution in [0.1, 0.15) is 53.9 Å². The molecule has 0 heteroatoms. The van der Waals surface area contributed by atoms with E-state index in [-0.39, 0.29) is 0 Å². The standard InChI is InChI=1S/C8H16.C2H6/c1-4-7-8(5-2)6-3;1-2/h5H,4,6-7H2,1-3H3;1-2H3/b8-5-;. The van der Waals surface area contributed by atoms with Gasteiger partial charge in [0.25, 0.3) is 0 Å². The van der Waals surface area contributed by atoms with Crippen LogP contribution in [-0.4, -0.2) is 0 Å². The molecule has 0 rings (SSSR count). The molecule has 0 fully saturated rings. The molecule has 0 heterocycles. The molecule has 0 N–H and O–H groups in total. The first-order chi connectivity index (χ1) is 4.85. The molecule has 0 aliphatic rings. The average Bonchev–Trinajstić information content (AvgIpc) is 2.04. The van der Waals surface area contributed by atoms with Crippen LogP contribution in [0.15, 0.2) is 11.6 Å². The maximum atomic E-state index is 2.23. The lowest BCUT2D eigenvalue weighted by Crippen LogP contribution is -1.76. The summed E-state index contributed by atoms with van der Waals surface area (Å²) in [7, 11) is 0. The van der Waals surface area contributed by atoms with Gasteiger partial charge < -0.3 is 0 Å². The predicted octanol–water partition coefficient (Wildman–Crippen LogP) is 4.17. The third-order valence-corrected chi connectivity index (χ3v) is 1.43. The van der Waals surface area contributed by atoms with Crippen LogP contribution >= 0.6 is 0 Å². The highest BCUT2D eigenvalue weighted by Crippen LogP contribution is 2.07. The van der Waals surface area contributed by atoms with E-state index in [1.54, 1.807) is 5.57 Å². The van der Waals surface area contributed by atoms with Gasteiger partial charge in [0.15, 0.2) is 0 Å². The number of rotatable bonds is 3. The fourth-order valence-electron chi connectivity index (χ4n) is 0.846. The molecule has 0 unspecified atom stereocenters. The molecule has 0 saturated carbocycles. The van der Waals surface area contributed by atoms with E-state index >= 15 is 0 Å². The Morgan fingerprint density at radius 2 is 1.70 bits per heavy atom. The number of hydrogen-bond acceptors (Lipinski definition) is 0. The Balaban J connectivity index is 0. The third kappa shape index (κ3) is 7.74. The minimum atomic E-state index is 1.23. The van der Waals surface area contributed by atoms with Crippen molar-refractivity contribution in [2.24, 2.45) is 0 Å². The summed E-state index contributed by atoms with van der Waals surface area (Å²) in [6, 6.07) is 0. The van der Waals surface area contributed by atoms with Crippen molar-refractivity contribution < 1.29 is 0 Å². The Labute approximate surface area is 66.3 Å². The first-order valence-corrected chi connectivity index (χ1v) is 4.49. The van der Waals surface area contributed by atoms with Crippen LogP contribution < -0.4 is 0 Å². The number of hydrogen-bond donors (Lipinski definition) is 0. The Bertz CT molecular complexity index is 70.1. The van der Waals surface area contributed by atoms with Crippen molar-refractivity contribution in [2.45, 2.75) is 53.9 Å². The van der Waals surface area contributed by atoms with Crippen LogP contribution in [-0.2, 0) is 0 Å². The smallest absolute Gasteiger partial charge is 0.0323 e. The predicted molar refractivity (Wildman–Crippen MR) is 50.3 cm³/mol. The fraction of sp³-hybridized carbons (Fsp3) is 0.800. The summed E-state index contributed by atoms with van der Waals surface area (Å²) >= 11 is 0. The van der Waals surface area contributed by atoms with E-state index in [0.29, 0.717) is 0 Å². The first kappa shape index (κ1) is 12.4. The summed E-state index contributed by atoms with van der Waals surface area (Å²) < 4.78 is 0.